The van der Waals surface area contributed by atoms with E-state index < -0.39 is 0 Å². The van der Waals surface area contributed by atoms with E-state index in [4.69, 9.17) is 4.74 Å². The van der Waals surface area contributed by atoms with Gasteiger partial charge >= 0.3 is 0 Å². The lowest BCUT2D eigenvalue weighted by molar-refractivity contribution is -0.122. The molecule has 0 aromatic heterocycles. The minimum atomic E-state index is 0.143. The molecule has 76 valence electrons. The zero-order valence-electron chi connectivity index (χ0n) is 8.53. The van der Waals surface area contributed by atoms with E-state index in [-0.39, 0.29) is 12.4 Å². The van der Waals surface area contributed by atoms with Crippen molar-refractivity contribution in [2.24, 2.45) is 0 Å². The summed E-state index contributed by atoms with van der Waals surface area (Å²) in [5.74, 6) is 0.143. The fourth-order valence-electron chi connectivity index (χ4n) is 1.20. The zero-order valence-corrected chi connectivity index (χ0v) is 8.53. The second-order valence-electron chi connectivity index (χ2n) is 3.25. The molecule has 0 aliphatic rings. The molecule has 0 saturated heterocycles. The van der Waals surface area contributed by atoms with Crippen LogP contribution in [0.1, 0.15) is 18.9 Å². The number of benzene rings is 1. The lowest BCUT2D eigenvalue weighted by Gasteiger charge is -2.01. The van der Waals surface area contributed by atoms with Crippen LogP contribution in [0.15, 0.2) is 30.3 Å². The van der Waals surface area contributed by atoms with Gasteiger partial charge in [-0.05, 0) is 12.0 Å². The molecule has 0 aliphatic carbocycles. The average molecular weight is 192 g/mol. The highest BCUT2D eigenvalue weighted by Crippen LogP contribution is 2.00. The number of hydrogen-bond acceptors (Lipinski definition) is 2. The van der Waals surface area contributed by atoms with E-state index in [9.17, 15) is 4.79 Å². The maximum absolute atomic E-state index is 11.4. The predicted molar refractivity (Wildman–Crippen MR) is 56.3 cm³/mol. The summed E-state index contributed by atoms with van der Waals surface area (Å²) >= 11 is 0. The molecule has 0 heterocycles. The van der Waals surface area contributed by atoms with Crippen molar-refractivity contribution in [3.8, 4) is 0 Å². The summed E-state index contributed by atoms with van der Waals surface area (Å²) in [6.45, 7) is 2.94. The topological polar surface area (TPSA) is 26.3 Å². The van der Waals surface area contributed by atoms with E-state index in [1.165, 1.54) is 0 Å². The van der Waals surface area contributed by atoms with Gasteiger partial charge in [0.2, 0.25) is 0 Å². The zero-order chi connectivity index (χ0) is 10.2. The van der Waals surface area contributed by atoms with Gasteiger partial charge in [-0.25, -0.2) is 0 Å². The van der Waals surface area contributed by atoms with Gasteiger partial charge in [0.25, 0.3) is 0 Å². The fourth-order valence-corrected chi connectivity index (χ4v) is 1.20. The van der Waals surface area contributed by atoms with E-state index >= 15 is 0 Å². The second kappa shape index (κ2) is 6.33. The van der Waals surface area contributed by atoms with E-state index in [0.29, 0.717) is 13.0 Å². The highest BCUT2D eigenvalue weighted by molar-refractivity contribution is 5.81. The summed E-state index contributed by atoms with van der Waals surface area (Å²) < 4.78 is 5.17. The first-order valence-electron chi connectivity index (χ1n) is 4.96. The quantitative estimate of drug-likeness (QED) is 0.646. The van der Waals surface area contributed by atoms with Gasteiger partial charge in [-0.2, -0.15) is 0 Å². The van der Waals surface area contributed by atoms with E-state index in [0.717, 1.165) is 12.0 Å². The molecule has 2 nitrogen and oxygen atoms in total. The summed E-state index contributed by atoms with van der Waals surface area (Å²) in [6, 6.07) is 9.74. The van der Waals surface area contributed by atoms with Crippen molar-refractivity contribution in [3.05, 3.63) is 35.9 Å². The van der Waals surface area contributed by atoms with Crippen LogP contribution in [0.25, 0.3) is 0 Å². The number of Topliss-reactive ketones (excluding diaryl/α,β-unsaturated/α-hetero) is 1. The third-order valence-corrected chi connectivity index (χ3v) is 1.86. The summed E-state index contributed by atoms with van der Waals surface area (Å²) in [5.41, 5.74) is 1.05. The van der Waals surface area contributed by atoms with Gasteiger partial charge in [-0.3, -0.25) is 4.79 Å². The maximum Gasteiger partial charge on any atom is 0.162 e. The van der Waals surface area contributed by atoms with Crippen LogP contribution in [0, 0.1) is 0 Å². The monoisotopic (exact) mass is 192 g/mol. The summed E-state index contributed by atoms with van der Waals surface area (Å²) in [5, 5.41) is 0. The molecular formula is C12H16O2. The first kappa shape index (κ1) is 10.9. The fraction of sp³-hybridized carbons (Fsp3) is 0.417. The van der Waals surface area contributed by atoms with Gasteiger partial charge in [0, 0.05) is 13.0 Å². The Morgan fingerprint density at radius 3 is 2.64 bits per heavy atom. The van der Waals surface area contributed by atoms with Crippen molar-refractivity contribution in [3.63, 3.8) is 0 Å². The molecule has 0 spiro atoms. The largest absolute Gasteiger partial charge is 0.374 e. The molecule has 0 saturated carbocycles. The molecule has 1 aromatic carbocycles. The lowest BCUT2D eigenvalue weighted by Crippen LogP contribution is -2.11. The molecule has 0 atom stereocenters. The Morgan fingerprint density at radius 1 is 1.29 bits per heavy atom. The predicted octanol–water partition coefficient (Wildman–Crippen LogP) is 2.22. The van der Waals surface area contributed by atoms with Gasteiger partial charge in [0.15, 0.2) is 5.78 Å². The van der Waals surface area contributed by atoms with Crippen molar-refractivity contribution < 1.29 is 9.53 Å². The standard InChI is InChI=1S/C12H16O2/c1-2-8-14-10-12(13)9-11-6-4-3-5-7-11/h3-7H,2,8-10H2,1H3. The van der Waals surface area contributed by atoms with Crippen LogP contribution in [-0.4, -0.2) is 19.0 Å². The lowest BCUT2D eigenvalue weighted by atomic mass is 10.1. The van der Waals surface area contributed by atoms with Gasteiger partial charge in [0.1, 0.15) is 6.61 Å². The van der Waals surface area contributed by atoms with Crippen LogP contribution >= 0.6 is 0 Å². The van der Waals surface area contributed by atoms with Gasteiger partial charge < -0.3 is 4.74 Å². The van der Waals surface area contributed by atoms with Crippen molar-refractivity contribution in [2.45, 2.75) is 19.8 Å². The van der Waals surface area contributed by atoms with Crippen LogP contribution in [0.3, 0.4) is 0 Å². The Hall–Kier alpha value is -1.15. The van der Waals surface area contributed by atoms with E-state index in [1.54, 1.807) is 0 Å². The summed E-state index contributed by atoms with van der Waals surface area (Å²) in [6.07, 6.45) is 1.43. The minimum absolute atomic E-state index is 0.143. The highest BCUT2D eigenvalue weighted by Gasteiger charge is 2.02. The smallest absolute Gasteiger partial charge is 0.162 e. The van der Waals surface area contributed by atoms with Gasteiger partial charge in [-0.15, -0.1) is 0 Å². The molecule has 14 heavy (non-hydrogen) atoms. The van der Waals surface area contributed by atoms with Crippen LogP contribution in [0.5, 0.6) is 0 Å². The normalized spacial score (nSPS) is 10.1. The van der Waals surface area contributed by atoms with Gasteiger partial charge in [-0.1, -0.05) is 37.3 Å². The average Bonchev–Trinajstić information content (AvgIpc) is 2.20. The van der Waals surface area contributed by atoms with Crippen molar-refractivity contribution in [1.29, 1.82) is 0 Å². The van der Waals surface area contributed by atoms with Crippen molar-refractivity contribution in [2.75, 3.05) is 13.2 Å². The summed E-state index contributed by atoms with van der Waals surface area (Å²) in [4.78, 5) is 11.4. The van der Waals surface area contributed by atoms with Crippen molar-refractivity contribution >= 4 is 5.78 Å². The van der Waals surface area contributed by atoms with Crippen LogP contribution < -0.4 is 0 Å². The molecule has 0 amide bonds. The summed E-state index contributed by atoms with van der Waals surface area (Å²) in [7, 11) is 0. The molecule has 0 bridgehead atoms. The number of carbonyl (C=O) groups excluding carboxylic acids is 1. The Balaban J connectivity index is 2.27. The number of rotatable bonds is 6. The third kappa shape index (κ3) is 4.19. The minimum Gasteiger partial charge on any atom is -0.374 e. The van der Waals surface area contributed by atoms with Crippen LogP contribution in [0.4, 0.5) is 0 Å². The molecule has 1 aromatic rings. The van der Waals surface area contributed by atoms with Crippen LogP contribution in [-0.2, 0) is 16.0 Å². The molecule has 0 N–H and O–H groups in total. The van der Waals surface area contributed by atoms with Crippen LogP contribution in [0.2, 0.25) is 0 Å². The molecule has 0 unspecified atom stereocenters. The van der Waals surface area contributed by atoms with E-state index in [2.05, 4.69) is 0 Å². The van der Waals surface area contributed by atoms with Gasteiger partial charge in [0.05, 0.1) is 0 Å². The van der Waals surface area contributed by atoms with Crippen molar-refractivity contribution in [1.82, 2.24) is 0 Å². The number of ether oxygens (including phenoxy) is 1. The second-order valence-corrected chi connectivity index (χ2v) is 3.25. The number of carbonyl (C=O) groups is 1. The Bertz CT molecular complexity index is 267. The molecule has 0 aliphatic heterocycles. The first-order chi connectivity index (χ1) is 6.83. The third-order valence-electron chi connectivity index (χ3n) is 1.86. The first-order valence-corrected chi connectivity index (χ1v) is 4.96. The number of hydrogen-bond donors (Lipinski definition) is 0. The molecule has 1 rings (SSSR count). The molecular weight excluding hydrogens is 176 g/mol. The number of ketones is 1. The Labute approximate surface area is 84.9 Å². The Kier molecular flexibility index (Phi) is 4.94. The SMILES string of the molecule is CCCOCC(=O)Cc1ccccc1. The highest BCUT2D eigenvalue weighted by atomic mass is 16.5. The molecule has 0 fully saturated rings. The van der Waals surface area contributed by atoms with E-state index in [1.807, 2.05) is 37.3 Å². The maximum atomic E-state index is 11.4. The molecule has 0 radical (unpaired) electrons. The molecule has 2 heteroatoms. The Morgan fingerprint density at radius 2 is 2.00 bits per heavy atom.